The SMILES string of the molecule is Nc1cccc(C(=O)Nc2ccc(Cl)cc2Br)c1O. The average Bonchev–Trinajstić information content (AvgIpc) is 2.36. The number of rotatable bonds is 2. The van der Waals surface area contributed by atoms with Gasteiger partial charge >= 0.3 is 0 Å². The molecule has 0 saturated heterocycles. The number of carbonyl (C=O) groups excluding carboxylic acids is 1. The molecular weight excluding hydrogens is 332 g/mol. The van der Waals surface area contributed by atoms with Crippen LogP contribution < -0.4 is 11.1 Å². The van der Waals surface area contributed by atoms with Gasteiger partial charge in [0.05, 0.1) is 16.9 Å². The number of amides is 1. The van der Waals surface area contributed by atoms with Crippen molar-refractivity contribution in [2.45, 2.75) is 0 Å². The number of halogens is 2. The normalized spacial score (nSPS) is 10.2. The van der Waals surface area contributed by atoms with Crippen molar-refractivity contribution in [1.29, 1.82) is 0 Å². The summed E-state index contributed by atoms with van der Waals surface area (Å²) >= 11 is 9.11. The molecule has 0 aromatic heterocycles. The Morgan fingerprint density at radius 3 is 2.74 bits per heavy atom. The molecule has 0 saturated carbocycles. The predicted octanol–water partition coefficient (Wildman–Crippen LogP) is 3.64. The molecule has 0 aliphatic rings. The summed E-state index contributed by atoms with van der Waals surface area (Å²) in [7, 11) is 0. The molecule has 2 aromatic carbocycles. The van der Waals surface area contributed by atoms with Crippen molar-refractivity contribution in [3.63, 3.8) is 0 Å². The molecule has 4 nitrogen and oxygen atoms in total. The fourth-order valence-electron chi connectivity index (χ4n) is 1.53. The van der Waals surface area contributed by atoms with Gasteiger partial charge in [0.1, 0.15) is 0 Å². The Morgan fingerprint density at radius 1 is 1.32 bits per heavy atom. The van der Waals surface area contributed by atoms with Crippen molar-refractivity contribution in [2.75, 3.05) is 11.1 Å². The number of aromatic hydroxyl groups is 1. The monoisotopic (exact) mass is 340 g/mol. The number of phenolic OH excluding ortho intramolecular Hbond substituents is 1. The molecule has 1 amide bonds. The lowest BCUT2D eigenvalue weighted by Gasteiger charge is -2.09. The van der Waals surface area contributed by atoms with Crippen LogP contribution in [0.25, 0.3) is 0 Å². The number of benzene rings is 2. The number of anilines is 2. The summed E-state index contributed by atoms with van der Waals surface area (Å²) in [4.78, 5) is 12.0. The second kappa shape index (κ2) is 5.50. The lowest BCUT2D eigenvalue weighted by molar-refractivity contribution is 0.102. The Hall–Kier alpha value is -1.72. The molecule has 0 aliphatic heterocycles. The van der Waals surface area contributed by atoms with E-state index in [9.17, 15) is 9.90 Å². The van der Waals surface area contributed by atoms with Crippen LogP contribution in [0.15, 0.2) is 40.9 Å². The molecule has 19 heavy (non-hydrogen) atoms. The number of hydrogen-bond donors (Lipinski definition) is 3. The molecule has 0 bridgehead atoms. The van der Waals surface area contributed by atoms with Gasteiger partial charge in [-0.25, -0.2) is 0 Å². The van der Waals surface area contributed by atoms with E-state index in [0.29, 0.717) is 15.2 Å². The van der Waals surface area contributed by atoms with Gasteiger partial charge in [0, 0.05) is 9.50 Å². The van der Waals surface area contributed by atoms with Gasteiger partial charge in [-0.3, -0.25) is 4.79 Å². The van der Waals surface area contributed by atoms with Crippen LogP contribution in [-0.2, 0) is 0 Å². The van der Waals surface area contributed by atoms with E-state index in [1.165, 1.54) is 12.1 Å². The Morgan fingerprint density at radius 2 is 2.05 bits per heavy atom. The smallest absolute Gasteiger partial charge is 0.259 e. The first kappa shape index (κ1) is 13.7. The van der Waals surface area contributed by atoms with Crippen LogP contribution >= 0.6 is 27.5 Å². The summed E-state index contributed by atoms with van der Waals surface area (Å²) in [5.74, 6) is -0.682. The standard InChI is InChI=1S/C13H10BrClN2O2/c14-9-6-7(15)4-5-11(9)17-13(19)8-2-1-3-10(16)12(8)18/h1-6,18H,16H2,(H,17,19). The van der Waals surface area contributed by atoms with E-state index in [0.717, 1.165) is 0 Å². The van der Waals surface area contributed by atoms with E-state index in [1.807, 2.05) is 0 Å². The second-order valence-electron chi connectivity index (χ2n) is 3.82. The highest BCUT2D eigenvalue weighted by atomic mass is 79.9. The molecular formula is C13H10BrClN2O2. The summed E-state index contributed by atoms with van der Waals surface area (Å²) in [6.45, 7) is 0. The van der Waals surface area contributed by atoms with Crippen LogP contribution in [-0.4, -0.2) is 11.0 Å². The van der Waals surface area contributed by atoms with Crippen molar-refractivity contribution in [1.82, 2.24) is 0 Å². The van der Waals surface area contributed by atoms with E-state index >= 15 is 0 Å². The summed E-state index contributed by atoms with van der Waals surface area (Å²) in [6, 6.07) is 9.58. The molecule has 98 valence electrons. The topological polar surface area (TPSA) is 75.4 Å². The highest BCUT2D eigenvalue weighted by Crippen LogP contribution is 2.29. The lowest BCUT2D eigenvalue weighted by atomic mass is 10.1. The van der Waals surface area contributed by atoms with E-state index in [4.69, 9.17) is 17.3 Å². The van der Waals surface area contributed by atoms with Gasteiger partial charge in [0.2, 0.25) is 0 Å². The number of hydrogen-bond acceptors (Lipinski definition) is 3. The maximum absolute atomic E-state index is 12.0. The van der Waals surface area contributed by atoms with Crippen LogP contribution in [0.2, 0.25) is 5.02 Å². The van der Waals surface area contributed by atoms with Crippen molar-refractivity contribution in [2.24, 2.45) is 0 Å². The fraction of sp³-hybridized carbons (Fsp3) is 0. The Balaban J connectivity index is 2.28. The van der Waals surface area contributed by atoms with Gasteiger partial charge < -0.3 is 16.2 Å². The first-order chi connectivity index (χ1) is 8.99. The Kier molecular flexibility index (Phi) is 3.97. The van der Waals surface area contributed by atoms with Crippen LogP contribution in [0.4, 0.5) is 11.4 Å². The summed E-state index contributed by atoms with van der Waals surface area (Å²) in [5.41, 5.74) is 6.37. The van der Waals surface area contributed by atoms with Gasteiger partial charge in [-0.05, 0) is 46.3 Å². The number of para-hydroxylation sites is 1. The average molecular weight is 342 g/mol. The lowest BCUT2D eigenvalue weighted by Crippen LogP contribution is -2.13. The number of phenols is 1. The highest BCUT2D eigenvalue weighted by molar-refractivity contribution is 9.10. The minimum Gasteiger partial charge on any atom is -0.505 e. The minimum absolute atomic E-state index is 0.113. The molecule has 0 unspecified atom stereocenters. The maximum Gasteiger partial charge on any atom is 0.259 e. The molecule has 0 heterocycles. The predicted molar refractivity (Wildman–Crippen MR) is 79.6 cm³/mol. The molecule has 0 fully saturated rings. The van der Waals surface area contributed by atoms with E-state index in [2.05, 4.69) is 21.2 Å². The van der Waals surface area contributed by atoms with Crippen molar-refractivity contribution in [3.8, 4) is 5.75 Å². The fourth-order valence-corrected chi connectivity index (χ4v) is 2.31. The third kappa shape index (κ3) is 3.00. The number of nitrogens with two attached hydrogens (primary N) is 1. The van der Waals surface area contributed by atoms with Crippen LogP contribution in [0.3, 0.4) is 0 Å². The molecule has 6 heteroatoms. The van der Waals surface area contributed by atoms with Gasteiger partial charge in [0.15, 0.2) is 5.75 Å². The maximum atomic E-state index is 12.0. The van der Waals surface area contributed by atoms with E-state index < -0.39 is 5.91 Å². The Labute approximate surface area is 123 Å². The molecule has 0 atom stereocenters. The molecule has 0 aliphatic carbocycles. The van der Waals surface area contributed by atoms with Crippen LogP contribution in [0.1, 0.15) is 10.4 Å². The van der Waals surface area contributed by atoms with E-state index in [1.54, 1.807) is 24.3 Å². The third-order valence-electron chi connectivity index (χ3n) is 2.49. The first-order valence-electron chi connectivity index (χ1n) is 5.33. The van der Waals surface area contributed by atoms with Crippen LogP contribution in [0.5, 0.6) is 5.75 Å². The zero-order valence-electron chi connectivity index (χ0n) is 9.65. The van der Waals surface area contributed by atoms with E-state index in [-0.39, 0.29) is 17.0 Å². The van der Waals surface area contributed by atoms with Crippen molar-refractivity contribution < 1.29 is 9.90 Å². The molecule has 2 aromatic rings. The van der Waals surface area contributed by atoms with Gasteiger partial charge in [-0.15, -0.1) is 0 Å². The molecule has 2 rings (SSSR count). The second-order valence-corrected chi connectivity index (χ2v) is 5.11. The summed E-state index contributed by atoms with van der Waals surface area (Å²) < 4.78 is 0.650. The quantitative estimate of drug-likeness (QED) is 0.576. The summed E-state index contributed by atoms with van der Waals surface area (Å²) in [6.07, 6.45) is 0. The highest BCUT2D eigenvalue weighted by Gasteiger charge is 2.14. The van der Waals surface area contributed by atoms with Crippen molar-refractivity contribution in [3.05, 3.63) is 51.5 Å². The first-order valence-corrected chi connectivity index (χ1v) is 6.50. The van der Waals surface area contributed by atoms with Gasteiger partial charge in [0.25, 0.3) is 5.91 Å². The largest absolute Gasteiger partial charge is 0.505 e. The van der Waals surface area contributed by atoms with Crippen molar-refractivity contribution >= 4 is 44.8 Å². The molecule has 4 N–H and O–H groups in total. The molecule has 0 spiro atoms. The van der Waals surface area contributed by atoms with Gasteiger partial charge in [-0.2, -0.15) is 0 Å². The number of nitrogens with one attached hydrogen (secondary N) is 1. The number of carbonyl (C=O) groups is 1. The third-order valence-corrected chi connectivity index (χ3v) is 3.38. The zero-order valence-corrected chi connectivity index (χ0v) is 12.0. The van der Waals surface area contributed by atoms with Gasteiger partial charge in [-0.1, -0.05) is 17.7 Å². The summed E-state index contributed by atoms with van der Waals surface area (Å²) in [5, 5.41) is 13.0. The molecule has 0 radical (unpaired) electrons. The number of nitrogen functional groups attached to an aromatic ring is 1. The minimum atomic E-state index is -0.451. The zero-order chi connectivity index (χ0) is 14.0. The van der Waals surface area contributed by atoms with Crippen LogP contribution in [0, 0.1) is 0 Å². The Bertz CT molecular complexity index is 647.